The molecule has 4 aliphatic rings. The zero-order valence-electron chi connectivity index (χ0n) is 17.2. The van der Waals surface area contributed by atoms with Gasteiger partial charge in [0, 0.05) is 33.6 Å². The summed E-state index contributed by atoms with van der Waals surface area (Å²) in [7, 11) is 0. The van der Waals surface area contributed by atoms with Gasteiger partial charge in [-0.05, 0) is 54.7 Å². The fourth-order valence-electron chi connectivity index (χ4n) is 6.21. The molecule has 2 aliphatic carbocycles. The summed E-state index contributed by atoms with van der Waals surface area (Å²) in [4.78, 5) is 29.1. The van der Waals surface area contributed by atoms with E-state index in [0.29, 0.717) is 37.5 Å². The van der Waals surface area contributed by atoms with Gasteiger partial charge in [-0.2, -0.15) is 0 Å². The Kier molecular flexibility index (Phi) is 5.32. The highest BCUT2D eigenvalue weighted by Gasteiger charge is 2.55. The van der Waals surface area contributed by atoms with Gasteiger partial charge in [-0.1, -0.05) is 39.4 Å². The molecular formula is C23H25BrN2O3S2. The van der Waals surface area contributed by atoms with Gasteiger partial charge in [-0.25, -0.2) is 0 Å². The number of thioether (sulfide) groups is 1. The average molecular weight is 522 g/mol. The van der Waals surface area contributed by atoms with Crippen LogP contribution in [0.5, 0.6) is 0 Å². The van der Waals surface area contributed by atoms with Crippen molar-refractivity contribution < 1.29 is 9.53 Å². The van der Waals surface area contributed by atoms with Gasteiger partial charge < -0.3 is 9.64 Å². The summed E-state index contributed by atoms with van der Waals surface area (Å²) in [6.07, 6.45) is 3.94. The molecule has 1 amide bonds. The number of hydrogen-bond donors (Lipinski definition) is 0. The van der Waals surface area contributed by atoms with Crippen LogP contribution in [0.3, 0.4) is 0 Å². The van der Waals surface area contributed by atoms with Crippen molar-refractivity contribution >= 4 is 44.9 Å². The Morgan fingerprint density at radius 1 is 1.19 bits per heavy atom. The highest BCUT2D eigenvalue weighted by atomic mass is 79.9. The Morgan fingerprint density at radius 3 is 2.81 bits per heavy atom. The van der Waals surface area contributed by atoms with Gasteiger partial charge in [-0.15, -0.1) is 11.8 Å². The van der Waals surface area contributed by atoms with Crippen LogP contribution in [0.1, 0.15) is 35.6 Å². The summed E-state index contributed by atoms with van der Waals surface area (Å²) < 4.78 is 8.23. The van der Waals surface area contributed by atoms with Crippen LogP contribution in [0.15, 0.2) is 38.6 Å². The minimum absolute atomic E-state index is 0.00595. The number of rotatable bonds is 3. The maximum atomic E-state index is 13.1. The smallest absolute Gasteiger partial charge is 0.308 e. The molecule has 0 N–H and O–H groups in total. The lowest BCUT2D eigenvalue weighted by Crippen LogP contribution is -2.43. The average Bonchev–Trinajstić information content (AvgIpc) is 3.47. The second-order valence-corrected chi connectivity index (χ2v) is 12.2. The third-order valence-electron chi connectivity index (χ3n) is 7.56. The number of hydrogen-bond acceptors (Lipinski definition) is 5. The SMILES string of the molecule is O=C(Cn1c2c(sc1=O)[C@H](c1cccc(Br)c1)C1C3CCC(C3)C1S2)N1CCOCC1. The lowest BCUT2D eigenvalue weighted by Gasteiger charge is -2.40. The normalized spacial score (nSPS) is 31.5. The first-order valence-corrected chi connectivity index (χ1v) is 13.6. The molecule has 2 saturated carbocycles. The molecule has 1 aromatic carbocycles. The molecule has 0 radical (unpaired) electrons. The number of carbonyl (C=O) groups excluding carboxylic acids is 1. The molecule has 0 spiro atoms. The standard InChI is InChI=1S/C23H25BrN2O3S2/c24-16-3-1-2-13(11-16)19-18-14-4-5-15(10-14)20(18)30-22-21(19)31-23(28)26(22)12-17(27)25-6-8-29-9-7-25/h1-3,11,14-15,18-20H,4-10,12H2/t14?,15?,18?,19-,20?/m1/s1. The van der Waals surface area contributed by atoms with E-state index < -0.39 is 0 Å². The second-order valence-electron chi connectivity index (χ2n) is 9.14. The molecule has 3 fully saturated rings. The number of thiazole rings is 1. The van der Waals surface area contributed by atoms with Gasteiger partial charge in [-0.3, -0.25) is 14.2 Å². The summed E-state index contributed by atoms with van der Waals surface area (Å²) in [5, 5.41) is 1.60. The van der Waals surface area contributed by atoms with Gasteiger partial charge in [0.2, 0.25) is 5.91 Å². The van der Waals surface area contributed by atoms with Crippen LogP contribution in [-0.2, 0) is 16.1 Å². The van der Waals surface area contributed by atoms with Gasteiger partial charge in [0.1, 0.15) is 6.54 Å². The van der Waals surface area contributed by atoms with E-state index in [1.54, 1.807) is 4.57 Å². The summed E-state index contributed by atoms with van der Waals surface area (Å²) in [5.41, 5.74) is 1.30. The van der Waals surface area contributed by atoms with E-state index in [-0.39, 0.29) is 23.2 Å². The first-order chi connectivity index (χ1) is 15.1. The Morgan fingerprint density at radius 2 is 2.00 bits per heavy atom. The molecule has 31 heavy (non-hydrogen) atoms. The number of benzene rings is 1. The van der Waals surface area contributed by atoms with Gasteiger partial charge in [0.25, 0.3) is 0 Å². The van der Waals surface area contributed by atoms with Crippen molar-refractivity contribution in [2.45, 2.75) is 42.0 Å². The van der Waals surface area contributed by atoms with E-state index in [1.807, 2.05) is 16.7 Å². The first kappa shape index (κ1) is 20.5. The fraction of sp³-hybridized carbons (Fsp3) is 0.565. The molecule has 164 valence electrons. The van der Waals surface area contributed by atoms with Crippen LogP contribution in [0.4, 0.5) is 0 Å². The largest absolute Gasteiger partial charge is 0.378 e. The van der Waals surface area contributed by atoms with Crippen molar-refractivity contribution in [1.82, 2.24) is 9.47 Å². The second kappa shape index (κ2) is 8.04. The number of carbonyl (C=O) groups is 1. The zero-order chi connectivity index (χ0) is 21.1. The fourth-order valence-corrected chi connectivity index (χ4v) is 9.78. The van der Waals surface area contributed by atoms with Crippen LogP contribution in [-0.4, -0.2) is 46.9 Å². The number of morpholine rings is 1. The summed E-state index contributed by atoms with van der Waals surface area (Å²) in [6, 6.07) is 8.60. The zero-order valence-corrected chi connectivity index (χ0v) is 20.4. The highest BCUT2D eigenvalue weighted by molar-refractivity contribution is 9.10. The van der Waals surface area contributed by atoms with Gasteiger partial charge in [0.15, 0.2) is 0 Å². The highest BCUT2D eigenvalue weighted by Crippen LogP contribution is 2.64. The monoisotopic (exact) mass is 520 g/mol. The van der Waals surface area contributed by atoms with E-state index >= 15 is 0 Å². The number of fused-ring (bicyclic) bond motifs is 6. The third-order valence-corrected chi connectivity index (χ3v) is 10.9. The van der Waals surface area contributed by atoms with E-state index in [9.17, 15) is 9.59 Å². The third kappa shape index (κ3) is 3.45. The molecular weight excluding hydrogens is 496 g/mol. The van der Waals surface area contributed by atoms with Crippen molar-refractivity contribution in [3.63, 3.8) is 0 Å². The van der Waals surface area contributed by atoms with Crippen LogP contribution in [0, 0.1) is 17.8 Å². The van der Waals surface area contributed by atoms with Crippen LogP contribution in [0.25, 0.3) is 0 Å². The molecule has 5 atom stereocenters. The van der Waals surface area contributed by atoms with Crippen molar-refractivity contribution in [2.75, 3.05) is 26.3 Å². The summed E-state index contributed by atoms with van der Waals surface area (Å²) in [5.74, 6) is 2.36. The molecule has 4 unspecified atom stereocenters. The Labute approximate surface area is 198 Å². The minimum Gasteiger partial charge on any atom is -0.378 e. The quantitative estimate of drug-likeness (QED) is 0.608. The summed E-state index contributed by atoms with van der Waals surface area (Å²) in [6.45, 7) is 2.53. The van der Waals surface area contributed by atoms with Crippen LogP contribution >= 0.6 is 39.0 Å². The molecule has 3 heterocycles. The maximum absolute atomic E-state index is 13.1. The Hall–Kier alpha value is -1.09. The number of ether oxygens (including phenoxy) is 1. The molecule has 1 saturated heterocycles. The molecule has 1 aromatic heterocycles. The predicted octanol–water partition coefficient (Wildman–Crippen LogP) is 4.18. The molecule has 5 nitrogen and oxygen atoms in total. The molecule has 2 bridgehead atoms. The van der Waals surface area contributed by atoms with E-state index in [0.717, 1.165) is 21.3 Å². The van der Waals surface area contributed by atoms with E-state index in [4.69, 9.17) is 4.74 Å². The molecule has 6 rings (SSSR count). The van der Waals surface area contributed by atoms with E-state index in [2.05, 4.69) is 40.2 Å². The Bertz CT molecular complexity index is 1080. The maximum Gasteiger partial charge on any atom is 0.308 e. The molecule has 8 heteroatoms. The van der Waals surface area contributed by atoms with Crippen LogP contribution < -0.4 is 4.87 Å². The van der Waals surface area contributed by atoms with Crippen molar-refractivity contribution in [2.24, 2.45) is 17.8 Å². The van der Waals surface area contributed by atoms with Crippen molar-refractivity contribution in [1.29, 1.82) is 0 Å². The first-order valence-electron chi connectivity index (χ1n) is 11.1. The molecule has 2 aromatic rings. The topological polar surface area (TPSA) is 51.5 Å². The number of halogens is 1. The lowest BCUT2D eigenvalue weighted by molar-refractivity contribution is -0.136. The van der Waals surface area contributed by atoms with Crippen LogP contribution in [0.2, 0.25) is 0 Å². The predicted molar refractivity (Wildman–Crippen MR) is 126 cm³/mol. The van der Waals surface area contributed by atoms with Crippen molar-refractivity contribution in [3.8, 4) is 0 Å². The number of aromatic nitrogens is 1. The summed E-state index contributed by atoms with van der Waals surface area (Å²) >= 11 is 6.91. The number of nitrogens with zero attached hydrogens (tertiary/aromatic N) is 2. The number of amides is 1. The minimum atomic E-state index is 0.00595. The van der Waals surface area contributed by atoms with Gasteiger partial charge >= 0.3 is 4.87 Å². The lowest BCUT2D eigenvalue weighted by atomic mass is 9.75. The molecule has 2 aliphatic heterocycles. The van der Waals surface area contributed by atoms with Gasteiger partial charge in [0.05, 0.1) is 18.2 Å². The van der Waals surface area contributed by atoms with E-state index in [1.165, 1.54) is 41.0 Å². The van der Waals surface area contributed by atoms with Crippen molar-refractivity contribution in [3.05, 3.63) is 48.8 Å². The Balaban J connectivity index is 1.41.